The van der Waals surface area contributed by atoms with Gasteiger partial charge in [0.15, 0.2) is 11.5 Å². The number of aryl methyl sites for hydroxylation is 1. The van der Waals surface area contributed by atoms with Crippen LogP contribution in [0.2, 0.25) is 0 Å². The quantitative estimate of drug-likeness (QED) is 0.730. The molecule has 3 aliphatic carbocycles. The maximum Gasteiger partial charge on any atom is 0.231 e. The molecule has 1 aromatic carbocycles. The molecular weight excluding hydrogens is 276 g/mol. The van der Waals surface area contributed by atoms with E-state index < -0.39 is 0 Å². The summed E-state index contributed by atoms with van der Waals surface area (Å²) in [7, 11) is 0. The van der Waals surface area contributed by atoms with Gasteiger partial charge in [-0.05, 0) is 73.1 Å². The molecule has 116 valence electrons. The third-order valence-electron chi connectivity index (χ3n) is 6.93. The first-order valence-electron chi connectivity index (χ1n) is 8.62. The zero-order valence-corrected chi connectivity index (χ0v) is 13.1. The summed E-state index contributed by atoms with van der Waals surface area (Å²) in [5, 5.41) is 0. The van der Waals surface area contributed by atoms with Crippen LogP contribution in [0.3, 0.4) is 0 Å². The van der Waals surface area contributed by atoms with Crippen molar-refractivity contribution in [2.24, 2.45) is 17.3 Å². The SMILES string of the molecule is CC12CCC3c4cc5c(cc4CCC3C1CCC2=O)OCO5. The Kier molecular flexibility index (Phi) is 2.52. The smallest absolute Gasteiger partial charge is 0.231 e. The third-order valence-corrected chi connectivity index (χ3v) is 6.93. The van der Waals surface area contributed by atoms with E-state index in [0.29, 0.717) is 30.3 Å². The normalized spacial score (nSPS) is 38.4. The van der Waals surface area contributed by atoms with Gasteiger partial charge in [0, 0.05) is 11.8 Å². The summed E-state index contributed by atoms with van der Waals surface area (Å²) in [4.78, 5) is 12.4. The van der Waals surface area contributed by atoms with Crippen LogP contribution in [0.4, 0.5) is 0 Å². The zero-order valence-electron chi connectivity index (χ0n) is 13.1. The highest BCUT2D eigenvalue weighted by Gasteiger charge is 2.54. The van der Waals surface area contributed by atoms with E-state index in [1.54, 1.807) is 0 Å². The van der Waals surface area contributed by atoms with E-state index in [9.17, 15) is 4.79 Å². The van der Waals surface area contributed by atoms with Crippen molar-refractivity contribution in [3.8, 4) is 11.5 Å². The van der Waals surface area contributed by atoms with Gasteiger partial charge in [-0.2, -0.15) is 0 Å². The van der Waals surface area contributed by atoms with Gasteiger partial charge in [0.25, 0.3) is 0 Å². The number of Topliss-reactive ketones (excluding diaryl/α,β-unsaturated/α-hetero) is 1. The number of fused-ring (bicyclic) bond motifs is 6. The molecule has 4 aliphatic rings. The van der Waals surface area contributed by atoms with Crippen LogP contribution in [0.1, 0.15) is 56.1 Å². The molecule has 22 heavy (non-hydrogen) atoms. The lowest BCUT2D eigenvalue weighted by molar-refractivity contribution is -0.129. The fourth-order valence-corrected chi connectivity index (χ4v) is 5.73. The Hall–Kier alpha value is -1.51. The van der Waals surface area contributed by atoms with Gasteiger partial charge in [-0.1, -0.05) is 6.92 Å². The topological polar surface area (TPSA) is 35.5 Å². The molecular formula is C19H22O3. The Balaban J connectivity index is 1.56. The van der Waals surface area contributed by atoms with Gasteiger partial charge < -0.3 is 9.47 Å². The number of carbonyl (C=O) groups excluding carboxylic acids is 1. The second-order valence-electron chi connectivity index (χ2n) is 7.74. The fourth-order valence-electron chi connectivity index (χ4n) is 5.73. The maximum absolute atomic E-state index is 12.4. The van der Waals surface area contributed by atoms with Crippen LogP contribution in [-0.4, -0.2) is 12.6 Å². The van der Waals surface area contributed by atoms with Gasteiger partial charge in [-0.25, -0.2) is 0 Å². The largest absolute Gasteiger partial charge is 0.454 e. The lowest BCUT2D eigenvalue weighted by Crippen LogP contribution is -2.42. The van der Waals surface area contributed by atoms with Crippen LogP contribution in [-0.2, 0) is 11.2 Å². The molecule has 4 atom stereocenters. The van der Waals surface area contributed by atoms with E-state index in [4.69, 9.17) is 9.47 Å². The first-order chi connectivity index (χ1) is 10.7. The van der Waals surface area contributed by atoms with Crippen molar-refractivity contribution in [2.45, 2.75) is 51.4 Å². The van der Waals surface area contributed by atoms with Crippen molar-refractivity contribution in [3.63, 3.8) is 0 Å². The molecule has 2 fully saturated rings. The van der Waals surface area contributed by atoms with Gasteiger partial charge in [-0.15, -0.1) is 0 Å². The van der Waals surface area contributed by atoms with Gasteiger partial charge in [0.05, 0.1) is 0 Å². The number of hydrogen-bond donors (Lipinski definition) is 0. The number of ether oxygens (including phenoxy) is 2. The van der Waals surface area contributed by atoms with Crippen LogP contribution in [0, 0.1) is 17.3 Å². The van der Waals surface area contributed by atoms with Crippen molar-refractivity contribution in [2.75, 3.05) is 6.79 Å². The number of hydrogen-bond acceptors (Lipinski definition) is 3. The predicted molar refractivity (Wildman–Crippen MR) is 82.2 cm³/mol. The first kappa shape index (κ1) is 13.0. The second-order valence-corrected chi connectivity index (χ2v) is 7.74. The highest BCUT2D eigenvalue weighted by atomic mass is 16.7. The average Bonchev–Trinajstić information content (AvgIpc) is 3.09. The van der Waals surface area contributed by atoms with Crippen LogP contribution in [0.25, 0.3) is 0 Å². The van der Waals surface area contributed by atoms with E-state index in [0.717, 1.165) is 43.6 Å². The van der Waals surface area contributed by atoms with Crippen molar-refractivity contribution < 1.29 is 14.3 Å². The van der Waals surface area contributed by atoms with Crippen molar-refractivity contribution in [1.29, 1.82) is 0 Å². The zero-order chi connectivity index (χ0) is 14.9. The Labute approximate surface area is 131 Å². The molecule has 4 unspecified atom stereocenters. The molecule has 1 heterocycles. The molecule has 0 N–H and O–H groups in total. The number of carbonyl (C=O) groups is 1. The Bertz CT molecular complexity index is 665. The molecule has 1 aromatic rings. The van der Waals surface area contributed by atoms with E-state index in [-0.39, 0.29) is 5.41 Å². The summed E-state index contributed by atoms with van der Waals surface area (Å²) >= 11 is 0. The molecule has 0 bridgehead atoms. The summed E-state index contributed by atoms with van der Waals surface area (Å²) in [6.45, 7) is 2.58. The maximum atomic E-state index is 12.4. The average molecular weight is 298 g/mol. The van der Waals surface area contributed by atoms with Crippen molar-refractivity contribution in [3.05, 3.63) is 23.3 Å². The minimum Gasteiger partial charge on any atom is -0.454 e. The molecule has 3 nitrogen and oxygen atoms in total. The highest BCUT2D eigenvalue weighted by Crippen LogP contribution is 2.60. The molecule has 1 aliphatic heterocycles. The first-order valence-corrected chi connectivity index (χ1v) is 8.62. The Morgan fingerprint density at radius 2 is 1.91 bits per heavy atom. The third kappa shape index (κ3) is 1.55. The van der Waals surface area contributed by atoms with Crippen LogP contribution >= 0.6 is 0 Å². The lowest BCUT2D eigenvalue weighted by atomic mass is 9.55. The minimum absolute atomic E-state index is 0.0327. The predicted octanol–water partition coefficient (Wildman–Crippen LogP) is 3.84. The van der Waals surface area contributed by atoms with Crippen LogP contribution in [0.15, 0.2) is 12.1 Å². The van der Waals surface area contributed by atoms with Gasteiger partial charge in [0.2, 0.25) is 6.79 Å². The van der Waals surface area contributed by atoms with Crippen molar-refractivity contribution in [1.82, 2.24) is 0 Å². The molecule has 2 saturated carbocycles. The van der Waals surface area contributed by atoms with E-state index >= 15 is 0 Å². The van der Waals surface area contributed by atoms with Gasteiger partial charge in [0.1, 0.15) is 5.78 Å². The second kappa shape index (κ2) is 4.27. The number of benzene rings is 1. The summed E-state index contributed by atoms with van der Waals surface area (Å²) in [5.74, 6) is 4.23. The molecule has 0 aromatic heterocycles. The fraction of sp³-hybridized carbons (Fsp3) is 0.632. The standard InChI is InChI=1S/C19H22O3/c1-19-7-6-12-13(15(19)4-5-18(19)20)3-2-11-8-16-17(9-14(11)12)22-10-21-16/h8-9,12-13,15H,2-7,10H2,1H3. The van der Waals surface area contributed by atoms with Gasteiger partial charge in [-0.3, -0.25) is 4.79 Å². The molecule has 0 amide bonds. The minimum atomic E-state index is -0.0327. The summed E-state index contributed by atoms with van der Waals surface area (Å²) in [6, 6.07) is 4.43. The van der Waals surface area contributed by atoms with Crippen molar-refractivity contribution >= 4 is 5.78 Å². The molecule has 0 saturated heterocycles. The van der Waals surface area contributed by atoms with Gasteiger partial charge >= 0.3 is 0 Å². The Morgan fingerprint density at radius 3 is 2.77 bits per heavy atom. The molecule has 3 heteroatoms. The summed E-state index contributed by atoms with van der Waals surface area (Å²) < 4.78 is 11.1. The van der Waals surface area contributed by atoms with E-state index in [2.05, 4.69) is 19.1 Å². The van der Waals surface area contributed by atoms with E-state index in [1.165, 1.54) is 17.5 Å². The number of rotatable bonds is 0. The van der Waals surface area contributed by atoms with Crippen LogP contribution < -0.4 is 9.47 Å². The molecule has 0 radical (unpaired) electrons. The monoisotopic (exact) mass is 298 g/mol. The molecule has 5 rings (SSSR count). The highest BCUT2D eigenvalue weighted by molar-refractivity contribution is 5.87. The summed E-state index contributed by atoms with van der Waals surface area (Å²) in [5.41, 5.74) is 2.88. The molecule has 0 spiro atoms. The lowest BCUT2D eigenvalue weighted by Gasteiger charge is -2.48. The van der Waals surface area contributed by atoms with E-state index in [1.807, 2.05) is 0 Å². The summed E-state index contributed by atoms with van der Waals surface area (Å²) in [6.07, 6.45) is 6.47. The number of ketones is 1. The van der Waals surface area contributed by atoms with Crippen LogP contribution in [0.5, 0.6) is 11.5 Å². The Morgan fingerprint density at radius 1 is 1.09 bits per heavy atom.